The van der Waals surface area contributed by atoms with Crippen LogP contribution in [-0.2, 0) is 13.0 Å². The minimum Gasteiger partial charge on any atom is -0.490 e. The van der Waals surface area contributed by atoms with Gasteiger partial charge in [0.15, 0.2) is 11.6 Å². The lowest BCUT2D eigenvalue weighted by molar-refractivity contribution is -0.120. The normalized spacial score (nSPS) is 19.6. The third kappa shape index (κ3) is 6.23. The predicted octanol–water partition coefficient (Wildman–Crippen LogP) is 6.17. The van der Waals surface area contributed by atoms with Crippen LogP contribution in [0, 0.1) is 11.2 Å². The zero-order valence-corrected chi connectivity index (χ0v) is 26.7. The lowest BCUT2D eigenvalue weighted by atomic mass is 9.61. The Labute approximate surface area is 267 Å². The van der Waals surface area contributed by atoms with Crippen LogP contribution in [0.1, 0.15) is 75.0 Å². The minimum atomic E-state index is -2.80. The molecule has 2 saturated carbocycles. The lowest BCUT2D eigenvalue weighted by Crippen LogP contribution is -2.65. The first-order chi connectivity index (χ1) is 22.1. The summed E-state index contributed by atoms with van der Waals surface area (Å²) < 4.78 is 54.3. The number of pyridine rings is 1. The maximum Gasteiger partial charge on any atom is 0.258 e. The summed E-state index contributed by atoms with van der Waals surface area (Å²) in [4.78, 5) is 30.2. The molecule has 4 aliphatic rings. The Balaban J connectivity index is 0.00000182. The molecule has 0 atom stereocenters. The number of carbonyl (C=O) groups excluding carboxylic acids is 1. The van der Waals surface area contributed by atoms with E-state index in [-0.39, 0.29) is 28.9 Å². The number of hydrogen-bond acceptors (Lipinski definition) is 8. The van der Waals surface area contributed by atoms with Crippen molar-refractivity contribution < 1.29 is 27.4 Å². The van der Waals surface area contributed by atoms with E-state index < -0.39 is 36.5 Å². The second-order valence-corrected chi connectivity index (χ2v) is 12.8. The van der Waals surface area contributed by atoms with Gasteiger partial charge in [-0.3, -0.25) is 9.78 Å². The van der Waals surface area contributed by atoms with E-state index in [4.69, 9.17) is 9.47 Å². The first-order valence-corrected chi connectivity index (χ1v) is 16.2. The number of nitrogens with one attached hydrogen (secondary N) is 1. The molecule has 246 valence electrons. The van der Waals surface area contributed by atoms with Gasteiger partial charge in [-0.15, -0.1) is 0 Å². The summed E-state index contributed by atoms with van der Waals surface area (Å²) in [6, 6.07) is 4.64. The highest BCUT2D eigenvalue weighted by Crippen LogP contribution is 2.52. The Kier molecular flexibility index (Phi) is 8.84. The molecular formula is C34H41F3N6O3. The molecule has 2 aromatic heterocycles. The van der Waals surface area contributed by atoms with Crippen LogP contribution in [-0.4, -0.2) is 69.5 Å². The van der Waals surface area contributed by atoms with E-state index in [0.717, 1.165) is 68.5 Å². The standard InChI is InChI=1S/C32H35F3N6O3.C2H6/c1-19(2)41(21-10-32(34,35)11-21)30(42)23-9-20(33)3-4-26(23)44-28-15-37-18-39-29(28)40-16-31(17-40)12-22(13-31)43-27-6-8-38-25-5-7-36-14-24(25)27;1-2/h3-4,6,8-9,15,18-19,21-22,36H,5,7,10-14,16-17H2,1-2H3;1-2H3. The predicted molar refractivity (Wildman–Crippen MR) is 167 cm³/mol. The average molecular weight is 639 g/mol. The molecule has 7 rings (SSSR count). The number of benzene rings is 1. The van der Waals surface area contributed by atoms with Crippen molar-refractivity contribution in [3.63, 3.8) is 0 Å². The summed E-state index contributed by atoms with van der Waals surface area (Å²) in [5.74, 6) is -2.04. The number of halogens is 3. The Morgan fingerprint density at radius 1 is 1.07 bits per heavy atom. The Morgan fingerprint density at radius 2 is 1.83 bits per heavy atom. The lowest BCUT2D eigenvalue weighted by Gasteiger charge is -2.59. The van der Waals surface area contributed by atoms with Gasteiger partial charge in [-0.1, -0.05) is 13.8 Å². The molecular weight excluding hydrogens is 597 g/mol. The van der Waals surface area contributed by atoms with E-state index in [9.17, 15) is 18.0 Å². The molecule has 3 fully saturated rings. The van der Waals surface area contributed by atoms with Gasteiger partial charge in [0.2, 0.25) is 0 Å². The van der Waals surface area contributed by atoms with E-state index in [0.29, 0.717) is 11.6 Å². The van der Waals surface area contributed by atoms with Crippen molar-refractivity contribution in [1.82, 2.24) is 25.2 Å². The Morgan fingerprint density at radius 3 is 2.54 bits per heavy atom. The number of rotatable bonds is 8. The maximum absolute atomic E-state index is 14.4. The number of aromatic nitrogens is 3. The van der Waals surface area contributed by atoms with Crippen molar-refractivity contribution in [3.05, 3.63) is 65.6 Å². The highest BCUT2D eigenvalue weighted by molar-refractivity contribution is 5.97. The van der Waals surface area contributed by atoms with Gasteiger partial charge >= 0.3 is 0 Å². The molecule has 1 aromatic carbocycles. The smallest absolute Gasteiger partial charge is 0.258 e. The largest absolute Gasteiger partial charge is 0.490 e. The summed E-state index contributed by atoms with van der Waals surface area (Å²) in [7, 11) is 0. The Hall–Kier alpha value is -3.93. The fourth-order valence-corrected chi connectivity index (χ4v) is 7.08. The van der Waals surface area contributed by atoms with Crippen LogP contribution < -0.4 is 19.7 Å². The summed E-state index contributed by atoms with van der Waals surface area (Å²) in [6.45, 7) is 10.8. The van der Waals surface area contributed by atoms with Crippen molar-refractivity contribution in [1.29, 1.82) is 0 Å². The SMILES string of the molecule is CC.CC(C)N(C(=O)c1cc(F)ccc1Oc1cncnc1N1CC2(CC(Oc3ccnc4c3CNCC4)C2)C1)C1CC(F)(F)C1. The highest BCUT2D eigenvalue weighted by Gasteiger charge is 2.54. The van der Waals surface area contributed by atoms with E-state index >= 15 is 0 Å². The molecule has 12 heteroatoms. The van der Waals surface area contributed by atoms with E-state index in [1.807, 2.05) is 26.1 Å². The first-order valence-electron chi connectivity index (χ1n) is 16.2. The topological polar surface area (TPSA) is 92.7 Å². The van der Waals surface area contributed by atoms with Gasteiger partial charge in [-0.25, -0.2) is 23.1 Å². The van der Waals surface area contributed by atoms with Gasteiger partial charge < -0.3 is 24.6 Å². The maximum atomic E-state index is 14.4. The third-order valence-corrected chi connectivity index (χ3v) is 9.21. The van der Waals surface area contributed by atoms with Gasteiger partial charge in [0.05, 0.1) is 11.8 Å². The van der Waals surface area contributed by atoms with E-state index in [1.54, 1.807) is 13.8 Å². The van der Waals surface area contributed by atoms with Crippen LogP contribution in [0.4, 0.5) is 19.0 Å². The van der Waals surface area contributed by atoms with Crippen molar-refractivity contribution in [2.75, 3.05) is 24.5 Å². The van der Waals surface area contributed by atoms with Gasteiger partial charge in [0.1, 0.15) is 29.7 Å². The molecule has 1 saturated heterocycles. The molecule has 1 amide bonds. The van der Waals surface area contributed by atoms with Gasteiger partial charge in [-0.05, 0) is 51.0 Å². The quantitative estimate of drug-likeness (QED) is 0.313. The van der Waals surface area contributed by atoms with Crippen molar-refractivity contribution in [2.45, 2.75) is 90.5 Å². The summed E-state index contributed by atoms with van der Waals surface area (Å²) in [5.41, 5.74) is 2.35. The number of anilines is 1. The molecule has 0 bridgehead atoms. The summed E-state index contributed by atoms with van der Waals surface area (Å²) >= 11 is 0. The van der Waals surface area contributed by atoms with Gasteiger partial charge in [0, 0.05) is 80.4 Å². The zero-order chi connectivity index (χ0) is 32.6. The molecule has 4 heterocycles. The van der Waals surface area contributed by atoms with E-state index in [1.165, 1.54) is 29.6 Å². The second-order valence-electron chi connectivity index (χ2n) is 12.8. The number of fused-ring (bicyclic) bond motifs is 1. The van der Waals surface area contributed by atoms with Crippen LogP contribution in [0.2, 0.25) is 0 Å². The molecule has 1 N–H and O–H groups in total. The number of alkyl halides is 2. The number of amides is 1. The summed E-state index contributed by atoms with van der Waals surface area (Å²) in [5, 5.41) is 3.39. The van der Waals surface area contributed by atoms with Crippen LogP contribution in [0.15, 0.2) is 43.0 Å². The van der Waals surface area contributed by atoms with E-state index in [2.05, 4.69) is 25.2 Å². The van der Waals surface area contributed by atoms with Crippen molar-refractivity contribution in [2.24, 2.45) is 5.41 Å². The number of carbonyl (C=O) groups is 1. The fourth-order valence-electron chi connectivity index (χ4n) is 7.08. The molecule has 1 spiro atoms. The molecule has 0 unspecified atom stereocenters. The molecule has 46 heavy (non-hydrogen) atoms. The number of hydrogen-bond donors (Lipinski definition) is 1. The molecule has 2 aliphatic heterocycles. The van der Waals surface area contributed by atoms with Crippen molar-refractivity contribution >= 4 is 11.7 Å². The van der Waals surface area contributed by atoms with Crippen LogP contribution in [0.5, 0.6) is 17.2 Å². The third-order valence-electron chi connectivity index (χ3n) is 9.21. The second kappa shape index (κ2) is 12.7. The molecule has 3 aromatic rings. The van der Waals surface area contributed by atoms with Crippen LogP contribution in [0.3, 0.4) is 0 Å². The number of ether oxygens (including phenoxy) is 2. The highest BCUT2D eigenvalue weighted by atomic mass is 19.3. The molecule has 9 nitrogen and oxygen atoms in total. The van der Waals surface area contributed by atoms with Crippen LogP contribution >= 0.6 is 0 Å². The fraction of sp³-hybridized carbons (Fsp3) is 0.529. The zero-order valence-electron chi connectivity index (χ0n) is 26.7. The first kappa shape index (κ1) is 32.0. The number of nitrogens with zero attached hydrogens (tertiary/aromatic N) is 5. The van der Waals surface area contributed by atoms with Crippen molar-refractivity contribution in [3.8, 4) is 17.2 Å². The Bertz CT molecular complexity index is 1570. The van der Waals surface area contributed by atoms with Crippen LogP contribution in [0.25, 0.3) is 0 Å². The summed E-state index contributed by atoms with van der Waals surface area (Å²) in [6.07, 6.45) is 6.85. The average Bonchev–Trinajstić information content (AvgIpc) is 2.99. The molecule has 2 aliphatic carbocycles. The molecule has 0 radical (unpaired) electrons. The van der Waals surface area contributed by atoms with Gasteiger partial charge in [0.25, 0.3) is 11.8 Å². The minimum absolute atomic E-state index is 0.0312. The monoisotopic (exact) mass is 638 g/mol. The van der Waals surface area contributed by atoms with Gasteiger partial charge in [-0.2, -0.15) is 0 Å².